The molecule has 0 spiro atoms. The summed E-state index contributed by atoms with van der Waals surface area (Å²) in [6.07, 6.45) is -2.70. The van der Waals surface area contributed by atoms with Crippen LogP contribution in [0.15, 0.2) is 18.2 Å². The predicted octanol–water partition coefficient (Wildman–Crippen LogP) is 3.12. The van der Waals surface area contributed by atoms with Gasteiger partial charge in [-0.15, -0.1) is 0 Å². The van der Waals surface area contributed by atoms with E-state index in [4.69, 9.17) is 22.2 Å². The van der Waals surface area contributed by atoms with Crippen LogP contribution >= 0.6 is 11.6 Å². The maximum atomic E-state index is 12.7. The van der Waals surface area contributed by atoms with Crippen LogP contribution in [0.5, 0.6) is 5.75 Å². The summed E-state index contributed by atoms with van der Waals surface area (Å²) in [6, 6.07) is 4.32. The molecule has 2 rings (SSSR count). The molecule has 0 atom stereocenters. The third-order valence-corrected chi connectivity index (χ3v) is 2.81. The van der Waals surface area contributed by atoms with Gasteiger partial charge in [-0.1, -0.05) is 11.6 Å². The number of halogens is 3. The molecule has 0 saturated heterocycles. The molecular formula is C11H10ClF2N3O. The van der Waals surface area contributed by atoms with Crippen LogP contribution in [0.1, 0.15) is 12.1 Å². The molecule has 1 aromatic heterocycles. The topological polar surface area (TPSA) is 60.2 Å². The lowest BCUT2D eigenvalue weighted by Gasteiger charge is -2.12. The fourth-order valence-corrected chi connectivity index (χ4v) is 1.94. The Hall–Kier alpha value is -1.66. The summed E-state index contributed by atoms with van der Waals surface area (Å²) in [5.74, 6) is 5.68. The number of rotatable bonds is 3. The van der Waals surface area contributed by atoms with Crippen LogP contribution in [-0.2, 0) is 0 Å². The number of anilines is 1. The van der Waals surface area contributed by atoms with E-state index in [1.54, 1.807) is 12.1 Å². The Balaban J connectivity index is 2.86. The molecule has 2 aromatic rings. The van der Waals surface area contributed by atoms with Crippen molar-refractivity contribution in [3.63, 3.8) is 0 Å². The van der Waals surface area contributed by atoms with Gasteiger partial charge in [0.1, 0.15) is 17.0 Å². The first-order valence-electron chi connectivity index (χ1n) is 5.00. The van der Waals surface area contributed by atoms with E-state index in [1.165, 1.54) is 13.2 Å². The van der Waals surface area contributed by atoms with Crippen molar-refractivity contribution < 1.29 is 13.5 Å². The van der Waals surface area contributed by atoms with Crippen LogP contribution in [-0.4, -0.2) is 12.1 Å². The first-order chi connectivity index (χ1) is 8.58. The first-order valence-corrected chi connectivity index (χ1v) is 5.38. The zero-order chi connectivity index (χ0) is 13.3. The lowest BCUT2D eigenvalue weighted by molar-refractivity contribution is 0.146. The standard InChI is InChI=1S/C11H10ClF2N3O/c1-18-8-3-2-5(12)9-6(17-15)4-7(11(13)14)16-10(8)9/h2-4,11H,15H2,1H3,(H,16,17). The summed E-state index contributed by atoms with van der Waals surface area (Å²) in [6.45, 7) is 0. The molecule has 18 heavy (non-hydrogen) atoms. The fraction of sp³-hybridized carbons (Fsp3) is 0.182. The Bertz CT molecular complexity index is 592. The summed E-state index contributed by atoms with van der Waals surface area (Å²) < 4.78 is 30.6. The Morgan fingerprint density at radius 2 is 2.17 bits per heavy atom. The van der Waals surface area contributed by atoms with E-state index < -0.39 is 12.1 Å². The van der Waals surface area contributed by atoms with Crippen LogP contribution in [0, 0.1) is 0 Å². The smallest absolute Gasteiger partial charge is 0.280 e. The maximum absolute atomic E-state index is 12.7. The van der Waals surface area contributed by atoms with Gasteiger partial charge in [-0.25, -0.2) is 13.8 Å². The van der Waals surface area contributed by atoms with Crippen LogP contribution in [0.2, 0.25) is 5.02 Å². The molecule has 1 heterocycles. The van der Waals surface area contributed by atoms with Crippen molar-refractivity contribution >= 4 is 28.2 Å². The number of alkyl halides is 2. The molecule has 0 radical (unpaired) electrons. The Morgan fingerprint density at radius 1 is 1.44 bits per heavy atom. The SMILES string of the molecule is COc1ccc(Cl)c2c(NN)cc(C(F)F)nc12. The zero-order valence-corrected chi connectivity index (χ0v) is 10.1. The van der Waals surface area contributed by atoms with E-state index in [1.807, 2.05) is 0 Å². The van der Waals surface area contributed by atoms with Crippen LogP contribution in [0.4, 0.5) is 14.5 Å². The van der Waals surface area contributed by atoms with E-state index in [0.717, 1.165) is 0 Å². The summed E-state index contributed by atoms with van der Waals surface area (Å²) in [5.41, 5.74) is 2.47. The molecule has 4 nitrogen and oxygen atoms in total. The van der Waals surface area contributed by atoms with Crippen molar-refractivity contribution in [2.75, 3.05) is 12.5 Å². The number of pyridine rings is 1. The number of hydrogen-bond acceptors (Lipinski definition) is 4. The highest BCUT2D eigenvalue weighted by Gasteiger charge is 2.17. The number of hydrazine groups is 1. The normalized spacial score (nSPS) is 11.0. The van der Waals surface area contributed by atoms with Crippen molar-refractivity contribution in [2.24, 2.45) is 5.84 Å². The number of nitrogens with zero attached hydrogens (tertiary/aromatic N) is 1. The van der Waals surface area contributed by atoms with Gasteiger partial charge in [0.2, 0.25) is 0 Å². The average molecular weight is 274 g/mol. The van der Waals surface area contributed by atoms with Crippen LogP contribution < -0.4 is 16.0 Å². The van der Waals surface area contributed by atoms with Crippen molar-refractivity contribution in [3.05, 3.63) is 28.9 Å². The predicted molar refractivity (Wildman–Crippen MR) is 66.1 cm³/mol. The minimum absolute atomic E-state index is 0.246. The van der Waals surface area contributed by atoms with Crippen molar-refractivity contribution in [3.8, 4) is 5.75 Å². The second-order valence-corrected chi connectivity index (χ2v) is 3.92. The number of nitrogens with two attached hydrogens (primary N) is 1. The van der Waals surface area contributed by atoms with Crippen molar-refractivity contribution in [1.82, 2.24) is 4.98 Å². The third-order valence-electron chi connectivity index (χ3n) is 2.49. The molecule has 0 fully saturated rings. The van der Waals surface area contributed by atoms with Crippen LogP contribution in [0.3, 0.4) is 0 Å². The largest absolute Gasteiger partial charge is 0.494 e. The lowest BCUT2D eigenvalue weighted by Crippen LogP contribution is -2.09. The molecular weight excluding hydrogens is 264 g/mol. The molecule has 0 aliphatic heterocycles. The quantitative estimate of drug-likeness (QED) is 0.666. The molecule has 0 amide bonds. The van der Waals surface area contributed by atoms with Crippen molar-refractivity contribution in [1.29, 1.82) is 0 Å². The zero-order valence-electron chi connectivity index (χ0n) is 9.38. The molecule has 3 N–H and O–H groups in total. The highest BCUT2D eigenvalue weighted by atomic mass is 35.5. The van der Waals surface area contributed by atoms with Gasteiger partial charge in [0, 0.05) is 5.39 Å². The minimum atomic E-state index is -2.70. The van der Waals surface area contributed by atoms with E-state index in [2.05, 4.69) is 10.4 Å². The van der Waals surface area contributed by atoms with Gasteiger partial charge in [-0.3, -0.25) is 5.84 Å². The number of nitrogens with one attached hydrogen (secondary N) is 1. The van der Waals surface area contributed by atoms with Crippen molar-refractivity contribution in [2.45, 2.75) is 6.43 Å². The summed E-state index contributed by atoms with van der Waals surface area (Å²) in [4.78, 5) is 3.86. The molecule has 0 aliphatic rings. The number of hydrogen-bond donors (Lipinski definition) is 2. The van der Waals surface area contributed by atoms with Gasteiger partial charge >= 0.3 is 0 Å². The number of fused-ring (bicyclic) bond motifs is 1. The Morgan fingerprint density at radius 3 is 2.72 bits per heavy atom. The van der Waals surface area contributed by atoms with Gasteiger partial charge in [-0.05, 0) is 18.2 Å². The molecule has 0 unspecified atom stereocenters. The van der Waals surface area contributed by atoms with Crippen LogP contribution in [0.25, 0.3) is 10.9 Å². The molecule has 7 heteroatoms. The average Bonchev–Trinajstić information content (AvgIpc) is 2.37. The fourth-order valence-electron chi connectivity index (χ4n) is 1.69. The molecule has 0 aliphatic carbocycles. The monoisotopic (exact) mass is 273 g/mol. The number of nitrogen functional groups attached to an aromatic ring is 1. The second kappa shape index (κ2) is 4.91. The summed E-state index contributed by atoms with van der Waals surface area (Å²) in [5, 5.41) is 0.801. The van der Waals surface area contributed by atoms with Gasteiger partial charge < -0.3 is 10.2 Å². The summed E-state index contributed by atoms with van der Waals surface area (Å²) >= 11 is 6.02. The number of benzene rings is 1. The Labute approximate surface area is 107 Å². The van der Waals surface area contributed by atoms with E-state index in [-0.39, 0.29) is 11.2 Å². The third kappa shape index (κ3) is 2.04. The molecule has 0 bridgehead atoms. The molecule has 0 saturated carbocycles. The van der Waals surface area contributed by atoms with Gasteiger partial charge in [0.25, 0.3) is 6.43 Å². The number of ether oxygens (including phenoxy) is 1. The molecule has 1 aromatic carbocycles. The highest BCUT2D eigenvalue weighted by molar-refractivity contribution is 6.36. The highest BCUT2D eigenvalue weighted by Crippen LogP contribution is 2.36. The van der Waals surface area contributed by atoms with E-state index in [0.29, 0.717) is 16.2 Å². The maximum Gasteiger partial charge on any atom is 0.280 e. The first kappa shape index (κ1) is 12.8. The van der Waals surface area contributed by atoms with Gasteiger partial charge in [0.15, 0.2) is 0 Å². The molecule has 96 valence electrons. The van der Waals surface area contributed by atoms with Gasteiger partial charge in [0.05, 0.1) is 17.8 Å². The Kier molecular flexibility index (Phi) is 3.49. The van der Waals surface area contributed by atoms with E-state index >= 15 is 0 Å². The second-order valence-electron chi connectivity index (χ2n) is 3.51. The summed E-state index contributed by atoms with van der Waals surface area (Å²) in [7, 11) is 1.43. The number of methoxy groups -OCH3 is 1. The lowest BCUT2D eigenvalue weighted by atomic mass is 10.1. The number of aromatic nitrogens is 1. The van der Waals surface area contributed by atoms with Gasteiger partial charge in [-0.2, -0.15) is 0 Å². The van der Waals surface area contributed by atoms with E-state index in [9.17, 15) is 8.78 Å². The minimum Gasteiger partial charge on any atom is -0.494 e.